The third-order valence-electron chi connectivity index (χ3n) is 3.61. The largest absolute Gasteiger partial charge is 0.394 e. The predicted molar refractivity (Wildman–Crippen MR) is 58.2 cm³/mol. The van der Waals surface area contributed by atoms with E-state index in [4.69, 9.17) is 0 Å². The molecule has 2 heteroatoms. The van der Waals surface area contributed by atoms with Crippen LogP contribution in [-0.4, -0.2) is 23.3 Å². The fraction of sp³-hybridized carbons (Fsp3) is 0.833. The number of allylic oxidation sites excluding steroid dienone is 1. The smallest absolute Gasteiger partial charge is 0.0613 e. The van der Waals surface area contributed by atoms with E-state index in [9.17, 15) is 5.11 Å². The molecule has 80 valence electrons. The summed E-state index contributed by atoms with van der Waals surface area (Å²) in [7, 11) is 0. The van der Waals surface area contributed by atoms with Crippen molar-refractivity contribution in [2.75, 3.05) is 6.61 Å². The van der Waals surface area contributed by atoms with E-state index >= 15 is 0 Å². The summed E-state index contributed by atoms with van der Waals surface area (Å²) in [6.07, 6.45) is 13.1. The van der Waals surface area contributed by atoms with Gasteiger partial charge < -0.3 is 10.4 Å². The lowest BCUT2D eigenvalue weighted by molar-refractivity contribution is 0.154. The third-order valence-corrected chi connectivity index (χ3v) is 3.61. The van der Waals surface area contributed by atoms with Crippen LogP contribution >= 0.6 is 0 Å². The van der Waals surface area contributed by atoms with Crippen LogP contribution in [0.15, 0.2) is 12.2 Å². The van der Waals surface area contributed by atoms with Gasteiger partial charge in [0.05, 0.1) is 6.61 Å². The van der Waals surface area contributed by atoms with E-state index in [1.165, 1.54) is 32.1 Å². The van der Waals surface area contributed by atoms with Crippen LogP contribution in [0.5, 0.6) is 0 Å². The van der Waals surface area contributed by atoms with Crippen molar-refractivity contribution in [3.05, 3.63) is 12.2 Å². The maximum Gasteiger partial charge on any atom is 0.0613 e. The van der Waals surface area contributed by atoms with Crippen molar-refractivity contribution in [3.8, 4) is 0 Å². The number of rotatable bonds is 3. The number of nitrogens with one attached hydrogen (secondary N) is 1. The molecule has 1 fully saturated rings. The molecule has 2 aliphatic rings. The minimum Gasteiger partial charge on any atom is -0.394 e. The Morgan fingerprint density at radius 3 is 2.64 bits per heavy atom. The quantitative estimate of drug-likeness (QED) is 0.675. The van der Waals surface area contributed by atoms with Gasteiger partial charge in [-0.2, -0.15) is 0 Å². The number of hydrogen-bond donors (Lipinski definition) is 2. The van der Waals surface area contributed by atoms with Gasteiger partial charge in [0.1, 0.15) is 0 Å². The minimum absolute atomic E-state index is 0.0480. The normalized spacial score (nSPS) is 30.8. The Bertz CT molecular complexity index is 206. The molecule has 2 aliphatic carbocycles. The molecule has 2 nitrogen and oxygen atoms in total. The van der Waals surface area contributed by atoms with E-state index in [1.807, 2.05) is 0 Å². The van der Waals surface area contributed by atoms with Crippen molar-refractivity contribution in [3.63, 3.8) is 0 Å². The van der Waals surface area contributed by atoms with Crippen molar-refractivity contribution < 1.29 is 5.11 Å². The monoisotopic (exact) mass is 195 g/mol. The average Bonchev–Trinajstić information content (AvgIpc) is 2.69. The first-order chi connectivity index (χ1) is 6.85. The van der Waals surface area contributed by atoms with E-state index in [0.717, 1.165) is 12.8 Å². The van der Waals surface area contributed by atoms with Crippen molar-refractivity contribution in [2.24, 2.45) is 0 Å². The lowest BCUT2D eigenvalue weighted by atomic mass is 9.94. The summed E-state index contributed by atoms with van der Waals surface area (Å²) in [5.74, 6) is 0. The topological polar surface area (TPSA) is 32.3 Å². The summed E-state index contributed by atoms with van der Waals surface area (Å²) in [5, 5.41) is 13.1. The minimum atomic E-state index is 0.0480. The third kappa shape index (κ3) is 2.18. The van der Waals surface area contributed by atoms with Gasteiger partial charge >= 0.3 is 0 Å². The molecule has 0 aromatic heterocycles. The number of aliphatic hydroxyl groups is 1. The van der Waals surface area contributed by atoms with Crippen LogP contribution in [0.4, 0.5) is 0 Å². The zero-order valence-electron chi connectivity index (χ0n) is 8.84. The van der Waals surface area contributed by atoms with E-state index in [0.29, 0.717) is 12.6 Å². The van der Waals surface area contributed by atoms with Gasteiger partial charge in [0.2, 0.25) is 0 Å². The Labute approximate surface area is 86.4 Å². The van der Waals surface area contributed by atoms with Crippen LogP contribution in [0.25, 0.3) is 0 Å². The molecule has 1 unspecified atom stereocenters. The van der Waals surface area contributed by atoms with Crippen molar-refractivity contribution >= 4 is 0 Å². The van der Waals surface area contributed by atoms with Crippen LogP contribution < -0.4 is 5.32 Å². The lowest BCUT2D eigenvalue weighted by Gasteiger charge is -2.33. The van der Waals surface area contributed by atoms with Crippen LogP contribution in [0.3, 0.4) is 0 Å². The average molecular weight is 195 g/mol. The van der Waals surface area contributed by atoms with E-state index in [-0.39, 0.29) is 5.54 Å². The van der Waals surface area contributed by atoms with E-state index in [1.54, 1.807) is 0 Å². The highest BCUT2D eigenvalue weighted by atomic mass is 16.3. The van der Waals surface area contributed by atoms with Gasteiger partial charge in [-0.3, -0.25) is 0 Å². The van der Waals surface area contributed by atoms with E-state index in [2.05, 4.69) is 17.5 Å². The van der Waals surface area contributed by atoms with Crippen LogP contribution in [0.1, 0.15) is 44.9 Å². The molecule has 14 heavy (non-hydrogen) atoms. The zero-order chi connectivity index (χ0) is 9.86. The number of aliphatic hydroxyl groups excluding tert-OH is 1. The SMILES string of the molecule is OCC1(NC2C=CCCC2)CCCC1. The second-order valence-corrected chi connectivity index (χ2v) is 4.76. The molecule has 0 aliphatic heterocycles. The molecule has 0 saturated heterocycles. The number of hydrogen-bond acceptors (Lipinski definition) is 2. The second kappa shape index (κ2) is 4.45. The zero-order valence-corrected chi connectivity index (χ0v) is 8.84. The van der Waals surface area contributed by atoms with Gasteiger partial charge in [0.25, 0.3) is 0 Å². The maximum atomic E-state index is 9.46. The molecule has 2 N–H and O–H groups in total. The second-order valence-electron chi connectivity index (χ2n) is 4.76. The van der Waals surface area contributed by atoms with Crippen molar-refractivity contribution in [2.45, 2.75) is 56.5 Å². The Morgan fingerprint density at radius 2 is 2.07 bits per heavy atom. The molecule has 2 rings (SSSR count). The van der Waals surface area contributed by atoms with Gasteiger partial charge in [-0.15, -0.1) is 0 Å². The molecule has 0 spiro atoms. The van der Waals surface area contributed by atoms with Crippen LogP contribution in [-0.2, 0) is 0 Å². The Hall–Kier alpha value is -0.340. The van der Waals surface area contributed by atoms with Crippen LogP contribution in [0, 0.1) is 0 Å². The van der Waals surface area contributed by atoms with E-state index < -0.39 is 0 Å². The Balaban J connectivity index is 1.93. The fourth-order valence-corrected chi connectivity index (χ4v) is 2.73. The fourth-order valence-electron chi connectivity index (χ4n) is 2.73. The van der Waals surface area contributed by atoms with Gasteiger partial charge in [0, 0.05) is 11.6 Å². The first-order valence-corrected chi connectivity index (χ1v) is 5.90. The molecular weight excluding hydrogens is 174 g/mol. The molecule has 0 aromatic rings. The highest BCUT2D eigenvalue weighted by molar-refractivity contribution is 5.03. The highest BCUT2D eigenvalue weighted by Gasteiger charge is 2.34. The summed E-state index contributed by atoms with van der Waals surface area (Å²) < 4.78 is 0. The van der Waals surface area contributed by atoms with Gasteiger partial charge in [0.15, 0.2) is 0 Å². The van der Waals surface area contributed by atoms with Crippen molar-refractivity contribution in [1.82, 2.24) is 5.32 Å². The molecule has 1 saturated carbocycles. The van der Waals surface area contributed by atoms with Crippen LogP contribution in [0.2, 0.25) is 0 Å². The summed E-state index contributed by atoms with van der Waals surface area (Å²) >= 11 is 0. The molecule has 1 atom stereocenters. The summed E-state index contributed by atoms with van der Waals surface area (Å²) in [6.45, 7) is 0.303. The maximum absolute atomic E-state index is 9.46. The Kier molecular flexibility index (Phi) is 3.24. The first kappa shape index (κ1) is 10.2. The molecular formula is C12H21NO. The predicted octanol–water partition coefficient (Wildman–Crippen LogP) is 1.99. The lowest BCUT2D eigenvalue weighted by Crippen LogP contribution is -2.50. The Morgan fingerprint density at radius 1 is 1.29 bits per heavy atom. The molecule has 0 amide bonds. The standard InChI is InChI=1S/C12H21NO/c14-10-12(8-4-5-9-12)13-11-6-2-1-3-7-11/h2,6,11,13-14H,1,3-5,7-10H2. The summed E-state index contributed by atoms with van der Waals surface area (Å²) in [6, 6.07) is 0.508. The van der Waals surface area contributed by atoms with Gasteiger partial charge in [-0.05, 0) is 32.1 Å². The molecule has 0 radical (unpaired) electrons. The first-order valence-electron chi connectivity index (χ1n) is 5.90. The summed E-state index contributed by atoms with van der Waals surface area (Å²) in [4.78, 5) is 0. The van der Waals surface area contributed by atoms with Gasteiger partial charge in [-0.1, -0.05) is 25.0 Å². The molecule has 0 heterocycles. The summed E-state index contributed by atoms with van der Waals surface area (Å²) in [5.41, 5.74) is 0.0480. The van der Waals surface area contributed by atoms with Gasteiger partial charge in [-0.25, -0.2) is 0 Å². The molecule has 0 aromatic carbocycles. The van der Waals surface area contributed by atoms with Crippen molar-refractivity contribution in [1.29, 1.82) is 0 Å². The molecule has 0 bridgehead atoms. The highest BCUT2D eigenvalue weighted by Crippen LogP contribution is 2.30.